The summed E-state index contributed by atoms with van der Waals surface area (Å²) >= 11 is 0. The minimum atomic E-state index is 0. The second-order valence-electron chi connectivity index (χ2n) is 7.01. The Kier molecular flexibility index (Phi) is 11.0. The number of guanidine groups is 1. The fourth-order valence-corrected chi connectivity index (χ4v) is 3.10. The molecule has 1 aliphatic heterocycles. The van der Waals surface area contributed by atoms with Gasteiger partial charge in [0, 0.05) is 59.0 Å². The standard InChI is InChI=1S/C20H34N4O.HI/c1-5-21-20(24(4)15-18-12-14-25-16-18)22-13-6-7-17-8-10-19(11-9-17)23(2)3;/h8-11,18H,5-7,12-16H2,1-4H3,(H,21,22);1H. The van der Waals surface area contributed by atoms with Crippen molar-refractivity contribution in [2.45, 2.75) is 26.2 Å². The van der Waals surface area contributed by atoms with Gasteiger partial charge in [0.05, 0.1) is 6.61 Å². The summed E-state index contributed by atoms with van der Waals surface area (Å²) in [5, 5.41) is 3.40. The highest BCUT2D eigenvalue weighted by atomic mass is 127. The summed E-state index contributed by atoms with van der Waals surface area (Å²) in [6.45, 7) is 6.66. The molecule has 0 radical (unpaired) electrons. The first-order valence-corrected chi connectivity index (χ1v) is 9.43. The van der Waals surface area contributed by atoms with Crippen molar-refractivity contribution < 1.29 is 4.74 Å². The van der Waals surface area contributed by atoms with E-state index in [0.29, 0.717) is 5.92 Å². The van der Waals surface area contributed by atoms with E-state index in [1.165, 1.54) is 11.3 Å². The molecule has 2 rings (SSSR count). The zero-order valence-electron chi connectivity index (χ0n) is 16.7. The summed E-state index contributed by atoms with van der Waals surface area (Å²) in [6, 6.07) is 8.80. The number of benzene rings is 1. The van der Waals surface area contributed by atoms with Crippen LogP contribution < -0.4 is 10.2 Å². The number of halogens is 1. The summed E-state index contributed by atoms with van der Waals surface area (Å²) < 4.78 is 5.48. The minimum absolute atomic E-state index is 0. The van der Waals surface area contributed by atoms with Gasteiger partial charge in [-0.15, -0.1) is 24.0 Å². The Morgan fingerprint density at radius 3 is 2.54 bits per heavy atom. The Balaban J connectivity index is 0.00000338. The van der Waals surface area contributed by atoms with E-state index < -0.39 is 0 Å². The van der Waals surface area contributed by atoms with Gasteiger partial charge in [-0.2, -0.15) is 0 Å². The average molecular weight is 474 g/mol. The third kappa shape index (κ3) is 7.70. The first kappa shape index (κ1) is 23.0. The Hall–Kier alpha value is -1.02. The Labute approximate surface area is 176 Å². The molecular weight excluding hydrogens is 439 g/mol. The Bertz CT molecular complexity index is 527. The topological polar surface area (TPSA) is 40.1 Å². The van der Waals surface area contributed by atoms with Crippen LogP contribution in [0.1, 0.15) is 25.3 Å². The summed E-state index contributed by atoms with van der Waals surface area (Å²) in [6.07, 6.45) is 3.29. The zero-order chi connectivity index (χ0) is 18.1. The van der Waals surface area contributed by atoms with Gasteiger partial charge >= 0.3 is 0 Å². The lowest BCUT2D eigenvalue weighted by Gasteiger charge is -2.24. The van der Waals surface area contributed by atoms with Crippen LogP contribution >= 0.6 is 24.0 Å². The van der Waals surface area contributed by atoms with Crippen LogP contribution in [0.4, 0.5) is 5.69 Å². The summed E-state index contributed by atoms with van der Waals surface area (Å²) in [7, 11) is 6.26. The van der Waals surface area contributed by atoms with Gasteiger partial charge in [-0.1, -0.05) is 12.1 Å². The first-order valence-electron chi connectivity index (χ1n) is 9.43. The van der Waals surface area contributed by atoms with Crippen LogP contribution in [-0.4, -0.2) is 64.9 Å². The Morgan fingerprint density at radius 2 is 1.96 bits per heavy atom. The highest BCUT2D eigenvalue weighted by Gasteiger charge is 2.18. The molecule has 1 aromatic carbocycles. The number of aliphatic imine (C=N–C) groups is 1. The van der Waals surface area contributed by atoms with Crippen LogP contribution in [0.25, 0.3) is 0 Å². The number of anilines is 1. The molecule has 148 valence electrons. The Morgan fingerprint density at radius 1 is 1.23 bits per heavy atom. The number of aryl methyl sites for hydroxylation is 1. The lowest BCUT2D eigenvalue weighted by Crippen LogP contribution is -2.41. The number of hydrogen-bond donors (Lipinski definition) is 1. The molecule has 26 heavy (non-hydrogen) atoms. The van der Waals surface area contributed by atoms with Crippen LogP contribution in [0.15, 0.2) is 29.3 Å². The average Bonchev–Trinajstić information content (AvgIpc) is 3.11. The van der Waals surface area contributed by atoms with Gasteiger partial charge in [-0.05, 0) is 43.9 Å². The van der Waals surface area contributed by atoms with Crippen molar-refractivity contribution in [3.8, 4) is 0 Å². The van der Waals surface area contributed by atoms with E-state index in [2.05, 4.69) is 67.4 Å². The summed E-state index contributed by atoms with van der Waals surface area (Å²) in [5.41, 5.74) is 2.62. The molecule has 0 saturated carbocycles. The second-order valence-corrected chi connectivity index (χ2v) is 7.01. The third-order valence-electron chi connectivity index (χ3n) is 4.59. The van der Waals surface area contributed by atoms with E-state index in [9.17, 15) is 0 Å². The van der Waals surface area contributed by atoms with Crippen molar-refractivity contribution in [3.05, 3.63) is 29.8 Å². The van der Waals surface area contributed by atoms with Gasteiger partial charge < -0.3 is 19.9 Å². The number of nitrogens with zero attached hydrogens (tertiary/aromatic N) is 3. The fourth-order valence-electron chi connectivity index (χ4n) is 3.10. The molecule has 0 spiro atoms. The molecule has 1 unspecified atom stereocenters. The lowest BCUT2D eigenvalue weighted by molar-refractivity contribution is 0.181. The van der Waals surface area contributed by atoms with Crippen molar-refractivity contribution in [3.63, 3.8) is 0 Å². The van der Waals surface area contributed by atoms with Crippen LogP contribution in [0, 0.1) is 5.92 Å². The molecule has 0 bridgehead atoms. The second kappa shape index (κ2) is 12.4. The molecule has 6 heteroatoms. The van der Waals surface area contributed by atoms with Gasteiger partial charge in [0.2, 0.25) is 0 Å². The molecule has 0 aromatic heterocycles. The van der Waals surface area contributed by atoms with Gasteiger partial charge in [0.25, 0.3) is 0 Å². The summed E-state index contributed by atoms with van der Waals surface area (Å²) in [5.74, 6) is 1.64. The van der Waals surface area contributed by atoms with Crippen molar-refractivity contribution in [2.75, 3.05) is 58.9 Å². The normalized spacial score (nSPS) is 16.9. The van der Waals surface area contributed by atoms with E-state index >= 15 is 0 Å². The molecule has 1 N–H and O–H groups in total. The maximum atomic E-state index is 5.48. The number of rotatable bonds is 8. The quantitative estimate of drug-likeness (QED) is 0.272. The number of hydrogen-bond acceptors (Lipinski definition) is 3. The van der Waals surface area contributed by atoms with Crippen LogP contribution in [0.2, 0.25) is 0 Å². The molecule has 5 nitrogen and oxygen atoms in total. The highest BCUT2D eigenvalue weighted by molar-refractivity contribution is 14.0. The maximum absolute atomic E-state index is 5.48. The van der Waals surface area contributed by atoms with E-state index in [4.69, 9.17) is 9.73 Å². The maximum Gasteiger partial charge on any atom is 0.193 e. The van der Waals surface area contributed by atoms with Crippen LogP contribution in [0.5, 0.6) is 0 Å². The molecule has 1 atom stereocenters. The van der Waals surface area contributed by atoms with E-state index in [0.717, 1.165) is 58.1 Å². The van der Waals surface area contributed by atoms with E-state index in [-0.39, 0.29) is 24.0 Å². The zero-order valence-corrected chi connectivity index (χ0v) is 19.0. The molecular formula is C20H35IN4O. The SMILES string of the molecule is CCNC(=NCCCc1ccc(N(C)C)cc1)N(C)CC1CCOC1.I. The smallest absolute Gasteiger partial charge is 0.193 e. The molecule has 0 aliphatic carbocycles. The van der Waals surface area contributed by atoms with Gasteiger partial charge in [0.15, 0.2) is 5.96 Å². The van der Waals surface area contributed by atoms with Gasteiger partial charge in [-0.3, -0.25) is 4.99 Å². The number of nitrogens with one attached hydrogen (secondary N) is 1. The monoisotopic (exact) mass is 474 g/mol. The van der Waals surface area contributed by atoms with Crippen molar-refractivity contribution in [2.24, 2.45) is 10.9 Å². The predicted molar refractivity (Wildman–Crippen MR) is 122 cm³/mol. The number of ether oxygens (including phenoxy) is 1. The van der Waals surface area contributed by atoms with Crippen molar-refractivity contribution >= 4 is 35.6 Å². The van der Waals surface area contributed by atoms with Crippen LogP contribution in [-0.2, 0) is 11.2 Å². The largest absolute Gasteiger partial charge is 0.381 e. The van der Waals surface area contributed by atoms with Gasteiger partial charge in [0.1, 0.15) is 0 Å². The molecule has 1 aromatic rings. The lowest BCUT2D eigenvalue weighted by atomic mass is 10.1. The molecule has 1 fully saturated rings. The summed E-state index contributed by atoms with van der Waals surface area (Å²) in [4.78, 5) is 9.17. The third-order valence-corrected chi connectivity index (χ3v) is 4.59. The molecule has 1 saturated heterocycles. The van der Waals surface area contributed by atoms with Crippen molar-refractivity contribution in [1.29, 1.82) is 0 Å². The van der Waals surface area contributed by atoms with Gasteiger partial charge in [-0.25, -0.2) is 0 Å². The van der Waals surface area contributed by atoms with Crippen molar-refractivity contribution in [1.82, 2.24) is 10.2 Å². The fraction of sp³-hybridized carbons (Fsp3) is 0.650. The molecule has 1 aliphatic rings. The van der Waals surface area contributed by atoms with E-state index in [1.807, 2.05) is 0 Å². The van der Waals surface area contributed by atoms with E-state index in [1.54, 1.807) is 0 Å². The highest BCUT2D eigenvalue weighted by Crippen LogP contribution is 2.14. The predicted octanol–water partition coefficient (Wildman–Crippen LogP) is 3.24. The minimum Gasteiger partial charge on any atom is -0.381 e. The molecule has 1 heterocycles. The molecule has 0 amide bonds. The first-order chi connectivity index (χ1) is 12.1. The van der Waals surface area contributed by atoms with Crippen LogP contribution in [0.3, 0.4) is 0 Å².